The van der Waals surface area contributed by atoms with Crippen LogP contribution in [0, 0.1) is 5.92 Å². The molecule has 1 aromatic rings. The first-order chi connectivity index (χ1) is 12.3. The van der Waals surface area contributed by atoms with Crippen LogP contribution in [0.5, 0.6) is 0 Å². The van der Waals surface area contributed by atoms with Gasteiger partial charge in [0.05, 0.1) is 22.7 Å². The molecule has 0 bridgehead atoms. The molecule has 0 saturated carbocycles. The molecule has 1 aliphatic rings. The van der Waals surface area contributed by atoms with Gasteiger partial charge in [0.25, 0.3) is 0 Å². The van der Waals surface area contributed by atoms with Gasteiger partial charge in [-0.3, -0.25) is 14.4 Å². The summed E-state index contributed by atoms with van der Waals surface area (Å²) >= 11 is 7.47. The summed E-state index contributed by atoms with van der Waals surface area (Å²) in [5.41, 5.74) is 0. The van der Waals surface area contributed by atoms with Crippen LogP contribution < -0.4 is 0 Å². The molecule has 1 fully saturated rings. The number of halogens is 1. The maximum Gasteiger partial charge on any atom is 0.308 e. The standard InChI is InChI=1S/C18H23ClN2O4S/c1-12(26-15-8-4-3-7-14(15)19)17(23)20(2)11-16(22)21-9-5-6-13(10-21)18(24)25/h3-4,7-8,12-13H,5-6,9-11H2,1-2H3,(H,24,25). The number of likely N-dealkylation sites (tertiary alicyclic amines) is 1. The highest BCUT2D eigenvalue weighted by molar-refractivity contribution is 8.00. The zero-order chi connectivity index (χ0) is 19.3. The number of hydrogen-bond donors (Lipinski definition) is 1. The Morgan fingerprint density at radius 1 is 1.38 bits per heavy atom. The minimum absolute atomic E-state index is 0.0570. The molecule has 2 unspecified atom stereocenters. The Labute approximate surface area is 162 Å². The number of piperidine rings is 1. The molecule has 26 heavy (non-hydrogen) atoms. The number of amides is 2. The maximum absolute atomic E-state index is 12.5. The van der Waals surface area contributed by atoms with Gasteiger partial charge in [0.2, 0.25) is 11.8 Å². The van der Waals surface area contributed by atoms with E-state index in [1.807, 2.05) is 18.2 Å². The van der Waals surface area contributed by atoms with E-state index in [0.717, 1.165) is 4.90 Å². The van der Waals surface area contributed by atoms with E-state index in [-0.39, 0.29) is 30.2 Å². The second kappa shape index (κ2) is 9.28. The zero-order valence-corrected chi connectivity index (χ0v) is 16.4. The van der Waals surface area contributed by atoms with Crippen molar-refractivity contribution >= 4 is 41.1 Å². The first kappa shape index (κ1) is 20.6. The molecule has 1 aromatic carbocycles. The number of benzene rings is 1. The molecule has 1 N–H and O–H groups in total. The lowest BCUT2D eigenvalue weighted by molar-refractivity contribution is -0.147. The van der Waals surface area contributed by atoms with Crippen molar-refractivity contribution in [2.24, 2.45) is 5.92 Å². The van der Waals surface area contributed by atoms with Crippen molar-refractivity contribution in [1.29, 1.82) is 0 Å². The van der Waals surface area contributed by atoms with E-state index in [2.05, 4.69) is 0 Å². The van der Waals surface area contributed by atoms with Crippen LogP contribution in [0.25, 0.3) is 0 Å². The number of carbonyl (C=O) groups is 3. The van der Waals surface area contributed by atoms with E-state index in [1.165, 1.54) is 21.6 Å². The monoisotopic (exact) mass is 398 g/mol. The molecule has 6 nitrogen and oxygen atoms in total. The van der Waals surface area contributed by atoms with Crippen LogP contribution in [0.1, 0.15) is 19.8 Å². The predicted molar refractivity (Wildman–Crippen MR) is 101 cm³/mol. The summed E-state index contributed by atoms with van der Waals surface area (Å²) in [7, 11) is 1.59. The number of thioether (sulfide) groups is 1. The minimum atomic E-state index is -0.878. The van der Waals surface area contributed by atoms with Crippen molar-refractivity contribution < 1.29 is 19.5 Å². The average Bonchev–Trinajstić information content (AvgIpc) is 2.62. The Balaban J connectivity index is 1.90. The minimum Gasteiger partial charge on any atom is -0.481 e. The Morgan fingerprint density at radius 2 is 2.08 bits per heavy atom. The third kappa shape index (κ3) is 5.38. The summed E-state index contributed by atoms with van der Waals surface area (Å²) in [6.07, 6.45) is 1.25. The largest absolute Gasteiger partial charge is 0.481 e. The summed E-state index contributed by atoms with van der Waals surface area (Å²) in [6.45, 7) is 2.46. The fourth-order valence-electron chi connectivity index (χ4n) is 2.88. The van der Waals surface area contributed by atoms with Crippen LogP contribution in [0.15, 0.2) is 29.2 Å². The molecular weight excluding hydrogens is 376 g/mol. The van der Waals surface area contributed by atoms with E-state index in [4.69, 9.17) is 16.7 Å². The molecule has 0 aromatic heterocycles. The van der Waals surface area contributed by atoms with Crippen LogP contribution in [0.3, 0.4) is 0 Å². The lowest BCUT2D eigenvalue weighted by atomic mass is 9.98. The molecule has 0 spiro atoms. The lowest BCUT2D eigenvalue weighted by Crippen LogP contribution is -2.47. The van der Waals surface area contributed by atoms with Gasteiger partial charge >= 0.3 is 5.97 Å². The van der Waals surface area contributed by atoms with E-state index in [1.54, 1.807) is 20.0 Å². The summed E-state index contributed by atoms with van der Waals surface area (Å²) in [4.78, 5) is 39.8. The number of carbonyl (C=O) groups excluding carboxylic acids is 2. The molecule has 1 aliphatic heterocycles. The number of nitrogens with zero attached hydrogens (tertiary/aromatic N) is 2. The summed E-state index contributed by atoms with van der Waals surface area (Å²) in [5.74, 6) is -1.79. The SMILES string of the molecule is CC(Sc1ccccc1Cl)C(=O)N(C)CC(=O)N1CCCC(C(=O)O)C1. The molecule has 2 amide bonds. The number of carboxylic acids is 1. The summed E-state index contributed by atoms with van der Waals surface area (Å²) in [5, 5.41) is 9.33. The molecule has 2 rings (SSSR count). The fourth-order valence-corrected chi connectivity index (χ4v) is 4.15. The van der Waals surface area contributed by atoms with Gasteiger partial charge in [-0.05, 0) is 31.9 Å². The van der Waals surface area contributed by atoms with Crippen LogP contribution in [-0.2, 0) is 14.4 Å². The van der Waals surface area contributed by atoms with E-state index < -0.39 is 11.9 Å². The molecule has 1 heterocycles. The second-order valence-corrected chi connectivity index (χ2v) is 8.19. The van der Waals surface area contributed by atoms with Gasteiger partial charge in [-0.2, -0.15) is 0 Å². The topological polar surface area (TPSA) is 77.9 Å². The van der Waals surface area contributed by atoms with E-state index in [0.29, 0.717) is 24.4 Å². The quantitative estimate of drug-likeness (QED) is 0.745. The van der Waals surface area contributed by atoms with Gasteiger partial charge in [0.15, 0.2) is 0 Å². The molecule has 8 heteroatoms. The Morgan fingerprint density at radius 3 is 2.73 bits per heavy atom. The highest BCUT2D eigenvalue weighted by Gasteiger charge is 2.29. The summed E-state index contributed by atoms with van der Waals surface area (Å²) in [6, 6.07) is 7.30. The second-order valence-electron chi connectivity index (χ2n) is 6.40. The molecule has 1 saturated heterocycles. The predicted octanol–water partition coefficient (Wildman–Crippen LogP) is 2.60. The molecular formula is C18H23ClN2O4S. The number of rotatable bonds is 6. The number of aliphatic carboxylic acids is 1. The molecule has 142 valence electrons. The third-order valence-corrected chi connectivity index (χ3v) is 5.97. The van der Waals surface area contributed by atoms with Gasteiger partial charge in [-0.25, -0.2) is 0 Å². The zero-order valence-electron chi connectivity index (χ0n) is 14.9. The summed E-state index contributed by atoms with van der Waals surface area (Å²) < 4.78 is 0. The van der Waals surface area contributed by atoms with Crippen molar-refractivity contribution in [3.63, 3.8) is 0 Å². The van der Waals surface area contributed by atoms with E-state index in [9.17, 15) is 14.4 Å². The van der Waals surface area contributed by atoms with Crippen LogP contribution in [0.4, 0.5) is 0 Å². The van der Waals surface area contributed by atoms with Crippen LogP contribution >= 0.6 is 23.4 Å². The van der Waals surface area contributed by atoms with Gasteiger partial charge in [-0.1, -0.05) is 23.7 Å². The number of carboxylic acid groups (broad SMARTS) is 1. The highest BCUT2D eigenvalue weighted by atomic mass is 35.5. The Kier molecular flexibility index (Phi) is 7.34. The van der Waals surface area contributed by atoms with Crippen molar-refractivity contribution in [3.8, 4) is 0 Å². The van der Waals surface area contributed by atoms with Gasteiger partial charge in [0.1, 0.15) is 0 Å². The van der Waals surface area contributed by atoms with Gasteiger partial charge < -0.3 is 14.9 Å². The van der Waals surface area contributed by atoms with Crippen LogP contribution in [0.2, 0.25) is 5.02 Å². The average molecular weight is 399 g/mol. The highest BCUT2D eigenvalue weighted by Crippen LogP contribution is 2.30. The lowest BCUT2D eigenvalue weighted by Gasteiger charge is -2.32. The molecule has 0 radical (unpaired) electrons. The van der Waals surface area contributed by atoms with Crippen molar-refractivity contribution in [3.05, 3.63) is 29.3 Å². The number of likely N-dealkylation sites (N-methyl/N-ethyl adjacent to an activating group) is 1. The van der Waals surface area contributed by atoms with E-state index >= 15 is 0 Å². The third-order valence-electron chi connectivity index (χ3n) is 4.36. The normalized spacial score (nSPS) is 18.3. The maximum atomic E-state index is 12.5. The smallest absolute Gasteiger partial charge is 0.308 e. The Bertz CT molecular complexity index is 685. The van der Waals surface area contributed by atoms with Crippen molar-refractivity contribution in [2.45, 2.75) is 29.9 Å². The first-order valence-corrected chi connectivity index (χ1v) is 9.72. The molecule has 0 aliphatic carbocycles. The number of hydrogen-bond acceptors (Lipinski definition) is 4. The first-order valence-electron chi connectivity index (χ1n) is 8.46. The van der Waals surface area contributed by atoms with Gasteiger partial charge in [-0.15, -0.1) is 11.8 Å². The molecule has 2 atom stereocenters. The fraction of sp³-hybridized carbons (Fsp3) is 0.500. The van der Waals surface area contributed by atoms with Crippen molar-refractivity contribution in [1.82, 2.24) is 9.80 Å². The van der Waals surface area contributed by atoms with Crippen LogP contribution in [-0.4, -0.2) is 64.6 Å². The van der Waals surface area contributed by atoms with Gasteiger partial charge in [0, 0.05) is 25.0 Å². The Hall–Kier alpha value is -1.73. The van der Waals surface area contributed by atoms with Crippen molar-refractivity contribution in [2.75, 3.05) is 26.7 Å².